The minimum Gasteiger partial charge on any atom is -0.379 e. The zero-order chi connectivity index (χ0) is 20.9. The van der Waals surface area contributed by atoms with Crippen LogP contribution in [-0.4, -0.2) is 63.0 Å². The molecule has 0 saturated carbocycles. The van der Waals surface area contributed by atoms with E-state index in [0.29, 0.717) is 12.5 Å². The highest BCUT2D eigenvalue weighted by atomic mass is 127. The van der Waals surface area contributed by atoms with Crippen molar-refractivity contribution < 1.29 is 9.47 Å². The number of morpholine rings is 1. The zero-order valence-electron chi connectivity index (χ0n) is 19.2. The number of nitrogens with one attached hydrogen (secondary N) is 2. The number of rotatable bonds is 11. The molecule has 0 bridgehead atoms. The van der Waals surface area contributed by atoms with Gasteiger partial charge < -0.3 is 20.1 Å². The van der Waals surface area contributed by atoms with Gasteiger partial charge in [0.05, 0.1) is 25.9 Å². The number of benzene rings is 1. The van der Waals surface area contributed by atoms with Crippen molar-refractivity contribution in [3.8, 4) is 0 Å². The minimum absolute atomic E-state index is 0. The average molecular weight is 533 g/mol. The molecule has 0 aliphatic carbocycles. The predicted molar refractivity (Wildman–Crippen MR) is 136 cm³/mol. The van der Waals surface area contributed by atoms with Gasteiger partial charge in [-0.25, -0.2) is 4.99 Å². The fourth-order valence-corrected chi connectivity index (χ4v) is 3.53. The first-order chi connectivity index (χ1) is 14.1. The summed E-state index contributed by atoms with van der Waals surface area (Å²) in [6.45, 7) is 16.3. The van der Waals surface area contributed by atoms with Crippen LogP contribution in [-0.2, 0) is 22.6 Å². The molecule has 1 aromatic carbocycles. The van der Waals surface area contributed by atoms with Crippen LogP contribution >= 0.6 is 24.0 Å². The van der Waals surface area contributed by atoms with Crippen LogP contribution in [0, 0.1) is 5.92 Å². The van der Waals surface area contributed by atoms with Crippen molar-refractivity contribution in [1.29, 1.82) is 0 Å². The Kier molecular flexibility index (Phi) is 14.3. The topological polar surface area (TPSA) is 58.1 Å². The van der Waals surface area contributed by atoms with Gasteiger partial charge >= 0.3 is 0 Å². The molecule has 2 N–H and O–H groups in total. The van der Waals surface area contributed by atoms with Crippen molar-refractivity contribution in [2.24, 2.45) is 10.9 Å². The molecule has 7 heteroatoms. The summed E-state index contributed by atoms with van der Waals surface area (Å²) < 4.78 is 11.3. The van der Waals surface area contributed by atoms with E-state index in [1.54, 1.807) is 0 Å². The number of hydrogen-bond donors (Lipinski definition) is 2. The van der Waals surface area contributed by atoms with Crippen LogP contribution in [0.1, 0.15) is 45.2 Å². The summed E-state index contributed by atoms with van der Waals surface area (Å²) in [5.41, 5.74) is 2.63. The van der Waals surface area contributed by atoms with Gasteiger partial charge in [-0.15, -0.1) is 24.0 Å². The molecule has 30 heavy (non-hydrogen) atoms. The van der Waals surface area contributed by atoms with E-state index in [2.05, 4.69) is 67.5 Å². The monoisotopic (exact) mass is 532 g/mol. The standard InChI is InChI=1S/C23H40N4O2.HI/c1-5-24-23(25-12-11-22(19(3)4)29-6-2)26-17-20-9-7-8-10-21(20)18-27-13-15-28-16-14-27;/h7-10,19,22H,5-6,11-18H2,1-4H3,(H2,24,25,26);1H. The van der Waals surface area contributed by atoms with Gasteiger partial charge in [0, 0.05) is 39.3 Å². The number of guanidine groups is 1. The van der Waals surface area contributed by atoms with Crippen LogP contribution in [0.5, 0.6) is 0 Å². The Morgan fingerprint density at radius 1 is 1.13 bits per heavy atom. The van der Waals surface area contributed by atoms with Gasteiger partial charge in [0.1, 0.15) is 0 Å². The second-order valence-corrected chi connectivity index (χ2v) is 7.81. The summed E-state index contributed by atoms with van der Waals surface area (Å²) in [4.78, 5) is 7.29. The Morgan fingerprint density at radius 3 is 2.47 bits per heavy atom. The van der Waals surface area contributed by atoms with Crippen molar-refractivity contribution in [1.82, 2.24) is 15.5 Å². The third-order valence-corrected chi connectivity index (χ3v) is 5.21. The Labute approximate surface area is 200 Å². The highest BCUT2D eigenvalue weighted by molar-refractivity contribution is 14.0. The van der Waals surface area contributed by atoms with Gasteiger partial charge in [0.15, 0.2) is 5.96 Å². The molecule has 172 valence electrons. The average Bonchev–Trinajstić information content (AvgIpc) is 2.73. The molecule has 2 rings (SSSR count). The summed E-state index contributed by atoms with van der Waals surface area (Å²) in [5.74, 6) is 1.39. The molecule has 0 amide bonds. The lowest BCUT2D eigenvalue weighted by molar-refractivity contribution is 0.0258. The maximum absolute atomic E-state index is 5.85. The molecule has 1 aromatic rings. The largest absolute Gasteiger partial charge is 0.379 e. The maximum Gasteiger partial charge on any atom is 0.191 e. The molecule has 0 spiro atoms. The molecule has 0 radical (unpaired) electrons. The van der Waals surface area contributed by atoms with E-state index in [0.717, 1.165) is 64.9 Å². The number of ether oxygens (including phenoxy) is 2. The van der Waals surface area contributed by atoms with Gasteiger partial charge in [0.25, 0.3) is 0 Å². The number of hydrogen-bond acceptors (Lipinski definition) is 4. The highest BCUT2D eigenvalue weighted by Crippen LogP contribution is 2.14. The number of halogens is 1. The van der Waals surface area contributed by atoms with Crippen LogP contribution in [0.3, 0.4) is 0 Å². The van der Waals surface area contributed by atoms with E-state index in [-0.39, 0.29) is 30.1 Å². The van der Waals surface area contributed by atoms with E-state index >= 15 is 0 Å². The van der Waals surface area contributed by atoms with Gasteiger partial charge in [-0.2, -0.15) is 0 Å². The van der Waals surface area contributed by atoms with Gasteiger partial charge in [0.2, 0.25) is 0 Å². The Balaban J connectivity index is 0.00000450. The van der Waals surface area contributed by atoms with Crippen LogP contribution in [0.15, 0.2) is 29.3 Å². The molecule has 1 unspecified atom stereocenters. The number of aliphatic imine (C=N–C) groups is 1. The lowest BCUT2D eigenvalue weighted by atomic mass is 10.0. The van der Waals surface area contributed by atoms with Crippen molar-refractivity contribution in [2.45, 2.75) is 53.3 Å². The molecule has 1 aliphatic heterocycles. The van der Waals surface area contributed by atoms with Crippen molar-refractivity contribution in [3.63, 3.8) is 0 Å². The molecule has 1 aliphatic rings. The molecule has 1 fully saturated rings. The fraction of sp³-hybridized carbons (Fsp3) is 0.696. The SMILES string of the molecule is CCNC(=NCc1ccccc1CN1CCOCC1)NCCC(OCC)C(C)C.I. The smallest absolute Gasteiger partial charge is 0.191 e. The Bertz CT molecular complexity index is 607. The third kappa shape index (κ3) is 9.94. The predicted octanol–water partition coefficient (Wildman–Crippen LogP) is 3.64. The summed E-state index contributed by atoms with van der Waals surface area (Å²) in [6.07, 6.45) is 1.26. The maximum atomic E-state index is 5.85. The quantitative estimate of drug-likeness (QED) is 0.259. The first kappa shape index (κ1) is 27.1. The van der Waals surface area contributed by atoms with Crippen LogP contribution in [0.2, 0.25) is 0 Å². The Hall–Kier alpha value is -0.900. The van der Waals surface area contributed by atoms with E-state index in [4.69, 9.17) is 14.5 Å². The van der Waals surface area contributed by atoms with Crippen molar-refractivity contribution >= 4 is 29.9 Å². The van der Waals surface area contributed by atoms with Crippen LogP contribution in [0.4, 0.5) is 0 Å². The third-order valence-electron chi connectivity index (χ3n) is 5.21. The second-order valence-electron chi connectivity index (χ2n) is 7.81. The highest BCUT2D eigenvalue weighted by Gasteiger charge is 2.14. The summed E-state index contributed by atoms with van der Waals surface area (Å²) in [6, 6.07) is 8.62. The van der Waals surface area contributed by atoms with E-state index in [1.807, 2.05) is 0 Å². The van der Waals surface area contributed by atoms with Crippen LogP contribution < -0.4 is 10.6 Å². The first-order valence-electron chi connectivity index (χ1n) is 11.1. The van der Waals surface area contributed by atoms with Gasteiger partial charge in [-0.05, 0) is 37.3 Å². The summed E-state index contributed by atoms with van der Waals surface area (Å²) in [7, 11) is 0. The normalized spacial score (nSPS) is 16.2. The molecular weight excluding hydrogens is 491 g/mol. The lowest BCUT2D eigenvalue weighted by Gasteiger charge is -2.27. The van der Waals surface area contributed by atoms with Gasteiger partial charge in [-0.1, -0.05) is 38.1 Å². The van der Waals surface area contributed by atoms with E-state index < -0.39 is 0 Å². The van der Waals surface area contributed by atoms with Crippen molar-refractivity contribution in [3.05, 3.63) is 35.4 Å². The Morgan fingerprint density at radius 2 is 1.83 bits per heavy atom. The molecule has 1 heterocycles. The second kappa shape index (κ2) is 15.8. The molecule has 1 atom stereocenters. The lowest BCUT2D eigenvalue weighted by Crippen LogP contribution is -2.39. The fourth-order valence-electron chi connectivity index (χ4n) is 3.53. The molecule has 1 saturated heterocycles. The number of nitrogens with zero attached hydrogens (tertiary/aromatic N) is 2. The summed E-state index contributed by atoms with van der Waals surface area (Å²) >= 11 is 0. The van der Waals surface area contributed by atoms with Crippen LogP contribution in [0.25, 0.3) is 0 Å². The summed E-state index contributed by atoms with van der Waals surface area (Å²) in [5, 5.41) is 6.83. The van der Waals surface area contributed by atoms with E-state index in [9.17, 15) is 0 Å². The minimum atomic E-state index is 0. The van der Waals surface area contributed by atoms with Gasteiger partial charge in [-0.3, -0.25) is 4.90 Å². The molecule has 6 nitrogen and oxygen atoms in total. The zero-order valence-corrected chi connectivity index (χ0v) is 21.5. The first-order valence-corrected chi connectivity index (χ1v) is 11.1. The molecular formula is C23H41IN4O2. The van der Waals surface area contributed by atoms with E-state index in [1.165, 1.54) is 11.1 Å². The molecule has 0 aromatic heterocycles. The van der Waals surface area contributed by atoms with Crippen molar-refractivity contribution in [2.75, 3.05) is 46.0 Å².